The summed E-state index contributed by atoms with van der Waals surface area (Å²) in [5.74, 6) is 0.995. The van der Waals surface area contributed by atoms with Crippen molar-refractivity contribution in [1.82, 2.24) is 9.97 Å². The molecule has 1 aromatic carbocycles. The maximum atomic E-state index is 12.2. The lowest BCUT2D eigenvalue weighted by Gasteiger charge is -2.11. The highest BCUT2D eigenvalue weighted by molar-refractivity contribution is 7.99. The molecule has 9 heteroatoms. The number of anilines is 1. The molecule has 0 radical (unpaired) electrons. The summed E-state index contributed by atoms with van der Waals surface area (Å²) in [5.41, 5.74) is 0.311. The highest BCUT2D eigenvalue weighted by Gasteiger charge is 2.11. The Hall–Kier alpha value is -2.52. The minimum Gasteiger partial charge on any atom is -0.497 e. The summed E-state index contributed by atoms with van der Waals surface area (Å²) in [4.78, 5) is 31.8. The first-order chi connectivity index (χ1) is 12.1. The Morgan fingerprint density at radius 3 is 2.92 bits per heavy atom. The summed E-state index contributed by atoms with van der Waals surface area (Å²) in [7, 11) is 3.07. The van der Waals surface area contributed by atoms with Crippen LogP contribution in [0.1, 0.15) is 0 Å². The summed E-state index contributed by atoms with van der Waals surface area (Å²) in [6.45, 7) is 0. The maximum absolute atomic E-state index is 12.2. The van der Waals surface area contributed by atoms with Gasteiger partial charge in [-0.25, -0.2) is 4.98 Å². The number of carbonyl (C=O) groups is 1. The Labute approximate surface area is 151 Å². The van der Waals surface area contributed by atoms with E-state index in [1.807, 2.05) is 5.38 Å². The number of carbonyl (C=O) groups excluding carboxylic acids is 1. The monoisotopic (exact) mass is 377 g/mol. The normalized spacial score (nSPS) is 10.6. The van der Waals surface area contributed by atoms with Crippen molar-refractivity contribution in [3.63, 3.8) is 0 Å². The van der Waals surface area contributed by atoms with E-state index in [2.05, 4.69) is 15.3 Å². The molecule has 0 saturated carbocycles. The lowest BCUT2D eigenvalue weighted by molar-refractivity contribution is -0.113. The lowest BCUT2D eigenvalue weighted by atomic mass is 10.2. The third-order valence-electron chi connectivity index (χ3n) is 3.33. The molecule has 0 atom stereocenters. The number of methoxy groups -OCH3 is 2. The third kappa shape index (κ3) is 3.94. The van der Waals surface area contributed by atoms with Crippen LogP contribution in [-0.2, 0) is 4.79 Å². The predicted molar refractivity (Wildman–Crippen MR) is 99.1 cm³/mol. The molecule has 0 unspecified atom stereocenters. The molecule has 25 heavy (non-hydrogen) atoms. The van der Waals surface area contributed by atoms with Crippen LogP contribution in [0.4, 0.5) is 5.69 Å². The van der Waals surface area contributed by atoms with E-state index in [1.54, 1.807) is 31.4 Å². The van der Waals surface area contributed by atoms with E-state index in [1.165, 1.54) is 18.4 Å². The summed E-state index contributed by atoms with van der Waals surface area (Å²) in [5, 5.41) is 5.55. The molecule has 2 N–H and O–H groups in total. The molecular formula is C16H15N3O4S2. The standard InChI is InChI=1S/C16H15N3O4S2/c1-22-9-3-4-12(23-2)11(7-9)17-13(20)8-25-16-18-14(21)10-5-6-24-15(10)19-16/h3-7H,8H2,1-2H3,(H,17,20)(H,18,19,21). The van der Waals surface area contributed by atoms with Gasteiger partial charge < -0.3 is 19.8 Å². The quantitative estimate of drug-likeness (QED) is 0.507. The first kappa shape index (κ1) is 17.3. The van der Waals surface area contributed by atoms with Crippen molar-refractivity contribution in [3.05, 3.63) is 40.0 Å². The van der Waals surface area contributed by atoms with E-state index < -0.39 is 0 Å². The van der Waals surface area contributed by atoms with Crippen LogP contribution in [0.15, 0.2) is 39.6 Å². The molecule has 2 heterocycles. The van der Waals surface area contributed by atoms with Crippen molar-refractivity contribution in [2.24, 2.45) is 0 Å². The second-order valence-corrected chi connectivity index (χ2v) is 6.77. The first-order valence-electron chi connectivity index (χ1n) is 7.23. The van der Waals surface area contributed by atoms with Gasteiger partial charge in [-0.2, -0.15) is 0 Å². The molecule has 0 bridgehead atoms. The smallest absolute Gasteiger partial charge is 0.260 e. The highest BCUT2D eigenvalue weighted by Crippen LogP contribution is 2.29. The maximum Gasteiger partial charge on any atom is 0.260 e. The average molecular weight is 377 g/mol. The van der Waals surface area contributed by atoms with Gasteiger partial charge >= 0.3 is 0 Å². The zero-order valence-electron chi connectivity index (χ0n) is 13.5. The number of aromatic nitrogens is 2. The Balaban J connectivity index is 1.69. The van der Waals surface area contributed by atoms with Gasteiger partial charge in [-0.3, -0.25) is 9.59 Å². The molecule has 0 saturated heterocycles. The van der Waals surface area contributed by atoms with Gasteiger partial charge in [0.1, 0.15) is 16.3 Å². The Morgan fingerprint density at radius 2 is 2.16 bits per heavy atom. The Kier molecular flexibility index (Phi) is 5.25. The van der Waals surface area contributed by atoms with Gasteiger partial charge in [0.05, 0.1) is 31.0 Å². The van der Waals surface area contributed by atoms with Crippen LogP contribution in [-0.4, -0.2) is 35.8 Å². The van der Waals surface area contributed by atoms with Gasteiger partial charge in [-0.05, 0) is 23.6 Å². The average Bonchev–Trinajstić information content (AvgIpc) is 3.09. The van der Waals surface area contributed by atoms with E-state index >= 15 is 0 Å². The number of thioether (sulfide) groups is 1. The van der Waals surface area contributed by atoms with Crippen LogP contribution < -0.4 is 20.3 Å². The molecular weight excluding hydrogens is 362 g/mol. The van der Waals surface area contributed by atoms with E-state index in [-0.39, 0.29) is 17.2 Å². The number of H-pyrrole nitrogens is 1. The van der Waals surface area contributed by atoms with Crippen molar-refractivity contribution in [2.75, 3.05) is 25.3 Å². The number of amides is 1. The number of hydrogen-bond donors (Lipinski definition) is 2. The molecule has 0 spiro atoms. The fourth-order valence-electron chi connectivity index (χ4n) is 2.15. The molecule has 0 aliphatic heterocycles. The second-order valence-electron chi connectivity index (χ2n) is 4.91. The molecule has 130 valence electrons. The minimum atomic E-state index is -0.245. The van der Waals surface area contributed by atoms with Gasteiger partial charge in [0.25, 0.3) is 5.56 Å². The first-order valence-corrected chi connectivity index (χ1v) is 9.09. The predicted octanol–water partition coefficient (Wildman–Crippen LogP) is 2.73. The van der Waals surface area contributed by atoms with Crippen LogP contribution in [0.2, 0.25) is 0 Å². The number of thiophene rings is 1. The van der Waals surface area contributed by atoms with Crippen molar-refractivity contribution >= 4 is 44.9 Å². The number of nitrogens with zero attached hydrogens (tertiary/aromatic N) is 1. The number of fused-ring (bicyclic) bond motifs is 1. The van der Waals surface area contributed by atoms with E-state index in [4.69, 9.17) is 9.47 Å². The van der Waals surface area contributed by atoms with E-state index in [9.17, 15) is 9.59 Å². The van der Waals surface area contributed by atoms with E-state index in [0.29, 0.717) is 32.6 Å². The van der Waals surface area contributed by atoms with Crippen molar-refractivity contribution in [3.8, 4) is 11.5 Å². The number of ether oxygens (including phenoxy) is 2. The molecule has 0 aliphatic carbocycles. The van der Waals surface area contributed by atoms with Gasteiger partial charge in [-0.1, -0.05) is 11.8 Å². The molecule has 3 aromatic rings. The Morgan fingerprint density at radius 1 is 1.32 bits per heavy atom. The van der Waals surface area contributed by atoms with Crippen molar-refractivity contribution in [1.29, 1.82) is 0 Å². The summed E-state index contributed by atoms with van der Waals surface area (Å²) >= 11 is 2.55. The molecule has 2 aromatic heterocycles. The summed E-state index contributed by atoms with van der Waals surface area (Å²) in [6, 6.07) is 6.86. The van der Waals surface area contributed by atoms with Crippen LogP contribution >= 0.6 is 23.1 Å². The summed E-state index contributed by atoms with van der Waals surface area (Å²) < 4.78 is 10.4. The van der Waals surface area contributed by atoms with Crippen LogP contribution in [0.25, 0.3) is 10.2 Å². The number of nitrogens with one attached hydrogen (secondary N) is 2. The van der Waals surface area contributed by atoms with Crippen molar-refractivity contribution in [2.45, 2.75) is 5.16 Å². The Bertz CT molecular complexity index is 967. The lowest BCUT2D eigenvalue weighted by Crippen LogP contribution is -2.16. The number of hydrogen-bond acceptors (Lipinski definition) is 7. The van der Waals surface area contributed by atoms with Crippen LogP contribution in [0.3, 0.4) is 0 Å². The zero-order chi connectivity index (χ0) is 17.8. The zero-order valence-corrected chi connectivity index (χ0v) is 15.1. The van der Waals surface area contributed by atoms with Gasteiger partial charge in [0.2, 0.25) is 5.91 Å². The topological polar surface area (TPSA) is 93.3 Å². The number of aromatic amines is 1. The molecule has 0 fully saturated rings. The van der Waals surface area contributed by atoms with Gasteiger partial charge in [0, 0.05) is 6.07 Å². The highest BCUT2D eigenvalue weighted by atomic mass is 32.2. The number of benzene rings is 1. The molecule has 7 nitrogen and oxygen atoms in total. The van der Waals surface area contributed by atoms with E-state index in [0.717, 1.165) is 11.8 Å². The molecule has 0 aliphatic rings. The van der Waals surface area contributed by atoms with Crippen molar-refractivity contribution < 1.29 is 14.3 Å². The minimum absolute atomic E-state index is 0.0974. The van der Waals surface area contributed by atoms with Gasteiger partial charge in [0.15, 0.2) is 5.16 Å². The molecule has 1 amide bonds. The van der Waals surface area contributed by atoms with Crippen LogP contribution in [0.5, 0.6) is 11.5 Å². The third-order valence-corrected chi connectivity index (χ3v) is 5.01. The molecule has 3 rings (SSSR count). The SMILES string of the molecule is COc1ccc(OC)c(NC(=O)CSc2nc3sccc3c(=O)[nH]2)c1. The van der Waals surface area contributed by atoms with Crippen LogP contribution in [0, 0.1) is 0 Å². The largest absolute Gasteiger partial charge is 0.497 e. The fourth-order valence-corrected chi connectivity index (χ4v) is 3.63. The summed E-state index contributed by atoms with van der Waals surface area (Å²) in [6.07, 6.45) is 0. The number of rotatable bonds is 6. The second kappa shape index (κ2) is 7.58. The van der Waals surface area contributed by atoms with Gasteiger partial charge in [-0.15, -0.1) is 11.3 Å². The fraction of sp³-hybridized carbons (Fsp3) is 0.188.